The Morgan fingerprint density at radius 1 is 0.704 bits per heavy atom. The molecule has 0 spiro atoms. The third-order valence-corrected chi connectivity index (χ3v) is 4.88. The zero-order valence-corrected chi connectivity index (χ0v) is 14.6. The van der Waals surface area contributed by atoms with Gasteiger partial charge in [0.1, 0.15) is 5.76 Å². The van der Waals surface area contributed by atoms with Crippen molar-refractivity contribution in [2.75, 3.05) is 0 Å². The monoisotopic (exact) mass is 348 g/mol. The van der Waals surface area contributed by atoms with Gasteiger partial charge in [-0.25, -0.2) is 4.79 Å². The maximum absolute atomic E-state index is 12.8. The molecule has 2 heteroatoms. The van der Waals surface area contributed by atoms with Crippen LogP contribution in [-0.2, 0) is 4.74 Å². The molecular formula is C25H16O2. The van der Waals surface area contributed by atoms with E-state index >= 15 is 0 Å². The maximum Gasteiger partial charge on any atom is 0.344 e. The predicted molar refractivity (Wildman–Crippen MR) is 109 cm³/mol. The van der Waals surface area contributed by atoms with Gasteiger partial charge >= 0.3 is 5.97 Å². The molecule has 0 fully saturated rings. The van der Waals surface area contributed by atoms with Crippen molar-refractivity contribution in [3.63, 3.8) is 0 Å². The van der Waals surface area contributed by atoms with E-state index in [2.05, 4.69) is 18.2 Å². The van der Waals surface area contributed by atoms with Crippen LogP contribution in [0, 0.1) is 0 Å². The number of carbonyl (C=O) groups excluding carboxylic acids is 1. The van der Waals surface area contributed by atoms with Crippen molar-refractivity contribution in [2.24, 2.45) is 0 Å². The first-order valence-electron chi connectivity index (χ1n) is 8.92. The lowest BCUT2D eigenvalue weighted by molar-refractivity contribution is 0.0718. The molecule has 4 aromatic carbocycles. The third kappa shape index (κ3) is 2.63. The first-order chi connectivity index (χ1) is 13.3. The van der Waals surface area contributed by atoms with Crippen molar-refractivity contribution in [3.8, 4) is 11.1 Å². The molecule has 0 radical (unpaired) electrons. The number of carbonyl (C=O) groups is 1. The molecule has 2 nitrogen and oxygen atoms in total. The van der Waals surface area contributed by atoms with Gasteiger partial charge in [0.25, 0.3) is 0 Å². The van der Waals surface area contributed by atoms with Gasteiger partial charge in [-0.15, -0.1) is 0 Å². The number of cyclic esters (lactones) is 1. The third-order valence-electron chi connectivity index (χ3n) is 4.88. The SMILES string of the molecule is O=C1OC(=Cc2ccccc2)c2cc3ccccc3c(-c3ccccc3)c21. The van der Waals surface area contributed by atoms with Crippen LogP contribution in [0.1, 0.15) is 21.5 Å². The van der Waals surface area contributed by atoms with E-state index in [-0.39, 0.29) is 5.97 Å². The lowest BCUT2D eigenvalue weighted by Gasteiger charge is -2.11. The van der Waals surface area contributed by atoms with E-state index in [1.54, 1.807) is 0 Å². The molecule has 0 saturated heterocycles. The molecular weight excluding hydrogens is 332 g/mol. The molecule has 0 unspecified atom stereocenters. The van der Waals surface area contributed by atoms with Crippen molar-refractivity contribution < 1.29 is 9.53 Å². The highest BCUT2D eigenvalue weighted by Crippen LogP contribution is 2.42. The van der Waals surface area contributed by atoms with E-state index in [1.807, 2.05) is 78.9 Å². The second kappa shape index (κ2) is 6.26. The fourth-order valence-electron chi connectivity index (χ4n) is 3.67. The number of hydrogen-bond acceptors (Lipinski definition) is 2. The molecule has 5 rings (SSSR count). The van der Waals surface area contributed by atoms with E-state index in [0.29, 0.717) is 11.3 Å². The average Bonchev–Trinajstić information content (AvgIpc) is 3.02. The molecule has 1 aliphatic heterocycles. The molecule has 1 heterocycles. The van der Waals surface area contributed by atoms with Crippen molar-refractivity contribution >= 4 is 28.6 Å². The zero-order valence-electron chi connectivity index (χ0n) is 14.6. The quantitative estimate of drug-likeness (QED) is 0.405. The van der Waals surface area contributed by atoms with Gasteiger partial charge in [0.05, 0.1) is 5.56 Å². The molecule has 27 heavy (non-hydrogen) atoms. The molecule has 4 aromatic rings. The summed E-state index contributed by atoms with van der Waals surface area (Å²) in [5, 5.41) is 2.15. The van der Waals surface area contributed by atoms with E-state index in [9.17, 15) is 4.79 Å². The second-order valence-electron chi connectivity index (χ2n) is 6.57. The number of hydrogen-bond donors (Lipinski definition) is 0. The Balaban J connectivity index is 1.83. The number of esters is 1. The van der Waals surface area contributed by atoms with E-state index < -0.39 is 0 Å². The van der Waals surface area contributed by atoms with Crippen molar-refractivity contribution in [1.29, 1.82) is 0 Å². The Morgan fingerprint density at radius 2 is 1.37 bits per heavy atom. The summed E-state index contributed by atoms with van der Waals surface area (Å²) >= 11 is 0. The van der Waals surface area contributed by atoms with Gasteiger partial charge in [0.2, 0.25) is 0 Å². The van der Waals surface area contributed by atoms with Gasteiger partial charge in [0, 0.05) is 11.1 Å². The maximum atomic E-state index is 12.8. The molecule has 128 valence electrons. The summed E-state index contributed by atoms with van der Waals surface area (Å²) in [7, 11) is 0. The summed E-state index contributed by atoms with van der Waals surface area (Å²) in [5.41, 5.74) is 4.44. The molecule has 0 bridgehead atoms. The van der Waals surface area contributed by atoms with Crippen LogP contribution in [0.15, 0.2) is 91.0 Å². The van der Waals surface area contributed by atoms with Crippen LogP contribution in [0.3, 0.4) is 0 Å². The van der Waals surface area contributed by atoms with Crippen LogP contribution in [0.2, 0.25) is 0 Å². The molecule has 0 amide bonds. The predicted octanol–water partition coefficient (Wildman–Crippen LogP) is 6.18. The average molecular weight is 348 g/mol. The van der Waals surface area contributed by atoms with Crippen LogP contribution in [0.25, 0.3) is 33.7 Å². The molecule has 0 aliphatic carbocycles. The van der Waals surface area contributed by atoms with Gasteiger partial charge in [-0.2, -0.15) is 0 Å². The normalized spacial score (nSPS) is 14.4. The second-order valence-corrected chi connectivity index (χ2v) is 6.57. The van der Waals surface area contributed by atoms with E-state index in [0.717, 1.165) is 33.0 Å². The zero-order chi connectivity index (χ0) is 18.2. The topological polar surface area (TPSA) is 26.3 Å². The largest absolute Gasteiger partial charge is 0.422 e. The first kappa shape index (κ1) is 15.6. The fourth-order valence-corrected chi connectivity index (χ4v) is 3.67. The summed E-state index contributed by atoms with van der Waals surface area (Å²) in [5.74, 6) is 0.306. The minimum Gasteiger partial charge on any atom is -0.422 e. The summed E-state index contributed by atoms with van der Waals surface area (Å²) < 4.78 is 5.69. The molecule has 0 aromatic heterocycles. The number of benzene rings is 4. The van der Waals surface area contributed by atoms with Crippen LogP contribution < -0.4 is 0 Å². The summed E-state index contributed by atoms with van der Waals surface area (Å²) in [6, 6.07) is 30.1. The van der Waals surface area contributed by atoms with E-state index in [1.165, 1.54) is 0 Å². The Kier molecular flexibility index (Phi) is 3.61. The van der Waals surface area contributed by atoms with Gasteiger partial charge in [-0.1, -0.05) is 84.9 Å². The lowest BCUT2D eigenvalue weighted by atomic mass is 9.90. The molecule has 0 saturated carbocycles. The minimum absolute atomic E-state index is 0.295. The van der Waals surface area contributed by atoms with Crippen molar-refractivity contribution in [3.05, 3.63) is 108 Å². The highest BCUT2D eigenvalue weighted by atomic mass is 16.5. The molecule has 0 N–H and O–H groups in total. The number of fused-ring (bicyclic) bond motifs is 2. The van der Waals surface area contributed by atoms with Crippen LogP contribution in [0.5, 0.6) is 0 Å². The highest BCUT2D eigenvalue weighted by Gasteiger charge is 2.31. The van der Waals surface area contributed by atoms with Crippen molar-refractivity contribution in [1.82, 2.24) is 0 Å². The number of ether oxygens (including phenoxy) is 1. The Hall–Kier alpha value is -3.65. The van der Waals surface area contributed by atoms with E-state index in [4.69, 9.17) is 4.74 Å². The Bertz CT molecular complexity index is 1190. The Labute approximate surface area is 157 Å². The van der Waals surface area contributed by atoms with Crippen molar-refractivity contribution in [2.45, 2.75) is 0 Å². The molecule has 1 aliphatic rings. The van der Waals surface area contributed by atoms with Gasteiger partial charge in [0.15, 0.2) is 0 Å². The Morgan fingerprint density at radius 3 is 2.15 bits per heavy atom. The number of rotatable bonds is 2. The van der Waals surface area contributed by atoms with Gasteiger partial charge in [-0.05, 0) is 34.0 Å². The van der Waals surface area contributed by atoms with Crippen LogP contribution >= 0.6 is 0 Å². The molecule has 0 atom stereocenters. The van der Waals surface area contributed by atoms with Crippen LogP contribution in [0.4, 0.5) is 0 Å². The minimum atomic E-state index is -0.295. The van der Waals surface area contributed by atoms with Gasteiger partial charge < -0.3 is 4.74 Å². The summed E-state index contributed by atoms with van der Waals surface area (Å²) in [6.07, 6.45) is 1.92. The summed E-state index contributed by atoms with van der Waals surface area (Å²) in [4.78, 5) is 12.8. The smallest absolute Gasteiger partial charge is 0.344 e. The lowest BCUT2D eigenvalue weighted by Crippen LogP contribution is -1.98. The standard InChI is InChI=1S/C25H16O2/c26-25-24-21(22(27-25)15-17-9-3-1-4-10-17)16-19-13-7-8-14-20(19)23(24)18-11-5-2-6-12-18/h1-16H. The summed E-state index contributed by atoms with van der Waals surface area (Å²) in [6.45, 7) is 0. The fraction of sp³-hybridized carbons (Fsp3) is 0. The highest BCUT2D eigenvalue weighted by molar-refractivity contribution is 6.16. The first-order valence-corrected chi connectivity index (χ1v) is 8.92. The van der Waals surface area contributed by atoms with Crippen LogP contribution in [-0.4, -0.2) is 5.97 Å². The van der Waals surface area contributed by atoms with Gasteiger partial charge in [-0.3, -0.25) is 0 Å².